The van der Waals surface area contributed by atoms with Crippen LogP contribution in [0.5, 0.6) is 5.75 Å². The van der Waals surface area contributed by atoms with Crippen LogP contribution in [0.4, 0.5) is 4.79 Å². The molecule has 1 saturated carbocycles. The van der Waals surface area contributed by atoms with Crippen LogP contribution >= 0.6 is 0 Å². The Labute approximate surface area is 267 Å². The fourth-order valence-electron chi connectivity index (χ4n) is 6.28. The summed E-state index contributed by atoms with van der Waals surface area (Å²) in [5.41, 5.74) is 3.30. The Morgan fingerprint density at radius 2 is 1.53 bits per heavy atom. The number of nitrogens with zero attached hydrogens (tertiary/aromatic N) is 2. The Balaban J connectivity index is 1.18. The standard InChI is InChI=1S/C35H45N3O6S/c1-26-21-33(36-45(40,41)37(2)3)34(38(26)35(39)44-24-28-13-8-5-9-14-28)25-43-31-19-17-29(18-20-31)30-15-10-16-32(22-30)42-23-27-11-6-4-7-12-27/h4-16,22,26,29,31,33-34,36H,17-21,23-25H2,1-3H3/t26-,29?,31?,33+,34?/m1/s1. The monoisotopic (exact) mass is 635 g/mol. The van der Waals surface area contributed by atoms with Gasteiger partial charge in [0.25, 0.3) is 10.2 Å². The van der Waals surface area contributed by atoms with Crippen LogP contribution in [0, 0.1) is 0 Å². The SMILES string of the molecule is C[C@@H]1C[C@H](NS(=O)(=O)N(C)C)C(COC2CCC(c3cccc(OCc4ccccc4)c3)CC2)N1C(=O)OCc1ccccc1. The van der Waals surface area contributed by atoms with Crippen molar-refractivity contribution >= 4 is 16.3 Å². The van der Waals surface area contributed by atoms with Gasteiger partial charge in [-0.3, -0.25) is 4.90 Å². The summed E-state index contributed by atoms with van der Waals surface area (Å²) in [6.07, 6.45) is 3.76. The Bertz CT molecular complexity index is 1480. The number of carbonyl (C=O) groups excluding carboxylic acids is 1. The van der Waals surface area contributed by atoms with Gasteiger partial charge in [-0.2, -0.15) is 17.4 Å². The van der Waals surface area contributed by atoms with Gasteiger partial charge in [0.15, 0.2) is 0 Å². The van der Waals surface area contributed by atoms with Gasteiger partial charge in [-0.15, -0.1) is 0 Å². The minimum Gasteiger partial charge on any atom is -0.489 e. The van der Waals surface area contributed by atoms with Crippen LogP contribution in [0.1, 0.15) is 61.6 Å². The number of rotatable bonds is 12. The number of hydrogen-bond donors (Lipinski definition) is 1. The van der Waals surface area contributed by atoms with E-state index in [2.05, 4.69) is 35.1 Å². The van der Waals surface area contributed by atoms with Crippen LogP contribution in [-0.4, -0.2) is 68.6 Å². The zero-order valence-electron chi connectivity index (χ0n) is 26.4. The third-order valence-electron chi connectivity index (χ3n) is 8.84. The van der Waals surface area contributed by atoms with Gasteiger partial charge in [0.1, 0.15) is 19.0 Å². The molecular weight excluding hydrogens is 590 g/mol. The van der Waals surface area contributed by atoms with Crippen molar-refractivity contribution in [1.82, 2.24) is 13.9 Å². The highest BCUT2D eigenvalue weighted by atomic mass is 32.2. The summed E-state index contributed by atoms with van der Waals surface area (Å²) < 4.78 is 47.7. The second kappa shape index (κ2) is 15.2. The van der Waals surface area contributed by atoms with Crippen molar-refractivity contribution in [2.75, 3.05) is 20.7 Å². The van der Waals surface area contributed by atoms with E-state index in [1.807, 2.05) is 61.5 Å². The Morgan fingerprint density at radius 1 is 0.889 bits per heavy atom. The first-order valence-corrected chi connectivity index (χ1v) is 17.2. The normalized spacial score (nSPS) is 23.6. The van der Waals surface area contributed by atoms with Crippen LogP contribution in [0.3, 0.4) is 0 Å². The molecule has 5 rings (SSSR count). The van der Waals surface area contributed by atoms with Gasteiger partial charge in [-0.1, -0.05) is 72.8 Å². The van der Waals surface area contributed by atoms with Crippen molar-refractivity contribution in [2.45, 2.75) is 82.4 Å². The predicted octanol–water partition coefficient (Wildman–Crippen LogP) is 5.87. The maximum atomic E-state index is 13.3. The van der Waals surface area contributed by atoms with Crippen LogP contribution in [0.15, 0.2) is 84.9 Å². The van der Waals surface area contributed by atoms with Crippen LogP contribution in [0.25, 0.3) is 0 Å². The van der Waals surface area contributed by atoms with Crippen molar-refractivity contribution in [2.24, 2.45) is 0 Å². The maximum absolute atomic E-state index is 13.3. The van der Waals surface area contributed by atoms with E-state index in [-0.39, 0.29) is 25.4 Å². The zero-order valence-corrected chi connectivity index (χ0v) is 27.2. The van der Waals surface area contributed by atoms with Crippen molar-refractivity contribution in [3.8, 4) is 5.75 Å². The van der Waals surface area contributed by atoms with Gasteiger partial charge in [0.2, 0.25) is 0 Å². The summed E-state index contributed by atoms with van der Waals surface area (Å²) in [4.78, 5) is 15.0. The summed E-state index contributed by atoms with van der Waals surface area (Å²) in [5.74, 6) is 1.29. The summed E-state index contributed by atoms with van der Waals surface area (Å²) >= 11 is 0. The average molecular weight is 636 g/mol. The largest absolute Gasteiger partial charge is 0.489 e. The molecule has 2 fully saturated rings. The highest BCUT2D eigenvalue weighted by Crippen LogP contribution is 2.36. The molecule has 10 heteroatoms. The van der Waals surface area contributed by atoms with Gasteiger partial charge < -0.3 is 14.2 Å². The first kappa shape index (κ1) is 32.9. The molecule has 242 valence electrons. The molecule has 0 radical (unpaired) electrons. The van der Waals surface area contributed by atoms with Crippen LogP contribution in [0.2, 0.25) is 0 Å². The molecule has 2 aliphatic rings. The summed E-state index contributed by atoms with van der Waals surface area (Å²) in [7, 11) is -0.733. The van der Waals surface area contributed by atoms with E-state index in [0.717, 1.165) is 46.9 Å². The van der Waals surface area contributed by atoms with E-state index in [9.17, 15) is 13.2 Å². The van der Waals surface area contributed by atoms with Crippen LogP contribution in [-0.2, 0) is 32.9 Å². The van der Waals surface area contributed by atoms with E-state index in [1.54, 1.807) is 4.90 Å². The third-order valence-corrected chi connectivity index (χ3v) is 10.4. The number of ether oxygens (including phenoxy) is 3. The molecule has 1 aliphatic carbocycles. The molecule has 3 aromatic carbocycles. The zero-order chi connectivity index (χ0) is 31.8. The van der Waals surface area contributed by atoms with E-state index < -0.39 is 28.4 Å². The number of benzene rings is 3. The average Bonchev–Trinajstić information content (AvgIpc) is 3.36. The summed E-state index contributed by atoms with van der Waals surface area (Å²) in [5, 5.41) is 0. The Morgan fingerprint density at radius 3 is 2.18 bits per heavy atom. The maximum Gasteiger partial charge on any atom is 0.410 e. The second-order valence-corrected chi connectivity index (χ2v) is 14.2. The van der Waals surface area contributed by atoms with Crippen molar-refractivity contribution < 1.29 is 27.4 Å². The molecule has 1 aliphatic heterocycles. The number of nitrogens with one attached hydrogen (secondary N) is 1. The smallest absolute Gasteiger partial charge is 0.410 e. The molecule has 3 aromatic rings. The predicted molar refractivity (Wildman–Crippen MR) is 174 cm³/mol. The molecule has 0 aromatic heterocycles. The lowest BCUT2D eigenvalue weighted by Gasteiger charge is -2.33. The fourth-order valence-corrected chi connectivity index (χ4v) is 7.13. The third kappa shape index (κ3) is 8.85. The minimum absolute atomic E-state index is 0.0305. The number of hydrogen-bond acceptors (Lipinski definition) is 6. The lowest BCUT2D eigenvalue weighted by molar-refractivity contribution is -0.0112. The van der Waals surface area contributed by atoms with Gasteiger partial charge in [-0.25, -0.2) is 4.79 Å². The van der Waals surface area contributed by atoms with Gasteiger partial charge in [0, 0.05) is 26.2 Å². The summed E-state index contributed by atoms with van der Waals surface area (Å²) in [6, 6.07) is 26.8. The molecule has 1 amide bonds. The Hall–Kier alpha value is -3.44. The van der Waals surface area contributed by atoms with Crippen molar-refractivity contribution in [3.63, 3.8) is 0 Å². The first-order valence-electron chi connectivity index (χ1n) is 15.8. The molecule has 0 spiro atoms. The molecule has 1 N–H and O–H groups in total. The Kier molecular flexibility index (Phi) is 11.1. The lowest BCUT2D eigenvalue weighted by atomic mass is 9.82. The number of carbonyl (C=O) groups is 1. The molecule has 0 bridgehead atoms. The molecule has 1 unspecified atom stereocenters. The topological polar surface area (TPSA) is 97.4 Å². The lowest BCUT2D eigenvalue weighted by Crippen LogP contribution is -2.52. The quantitative estimate of drug-likeness (QED) is 0.267. The summed E-state index contributed by atoms with van der Waals surface area (Å²) in [6.45, 7) is 2.83. The highest BCUT2D eigenvalue weighted by molar-refractivity contribution is 7.87. The van der Waals surface area contributed by atoms with Gasteiger partial charge in [0.05, 0.1) is 18.8 Å². The molecule has 1 heterocycles. The van der Waals surface area contributed by atoms with E-state index in [4.69, 9.17) is 14.2 Å². The van der Waals surface area contributed by atoms with Gasteiger partial charge in [-0.05, 0) is 73.8 Å². The number of likely N-dealkylation sites (tertiary alicyclic amines) is 1. The highest BCUT2D eigenvalue weighted by Gasteiger charge is 2.45. The second-order valence-electron chi connectivity index (χ2n) is 12.3. The molecular formula is C35H45N3O6S. The molecule has 1 saturated heterocycles. The van der Waals surface area contributed by atoms with E-state index in [1.165, 1.54) is 19.7 Å². The molecule has 3 atom stereocenters. The number of amides is 1. The van der Waals surface area contributed by atoms with Crippen molar-refractivity contribution in [1.29, 1.82) is 0 Å². The molecule has 45 heavy (non-hydrogen) atoms. The minimum atomic E-state index is -3.71. The van der Waals surface area contributed by atoms with E-state index in [0.29, 0.717) is 18.9 Å². The fraction of sp³-hybridized carbons (Fsp3) is 0.457. The van der Waals surface area contributed by atoms with E-state index >= 15 is 0 Å². The van der Waals surface area contributed by atoms with Crippen LogP contribution < -0.4 is 9.46 Å². The van der Waals surface area contributed by atoms with Gasteiger partial charge >= 0.3 is 6.09 Å². The van der Waals surface area contributed by atoms with Crippen molar-refractivity contribution in [3.05, 3.63) is 102 Å². The molecule has 9 nitrogen and oxygen atoms in total. The first-order chi connectivity index (χ1) is 21.7.